The zero-order valence-electron chi connectivity index (χ0n) is 18.1. The van der Waals surface area contributed by atoms with Gasteiger partial charge in [-0.3, -0.25) is 9.69 Å². The molecule has 1 unspecified atom stereocenters. The van der Waals surface area contributed by atoms with Crippen LogP contribution in [0.2, 0.25) is 0 Å². The van der Waals surface area contributed by atoms with Crippen molar-refractivity contribution in [1.29, 1.82) is 0 Å². The molecule has 2 heterocycles. The first kappa shape index (κ1) is 23.5. The number of likely N-dealkylation sites (N-methyl/N-ethyl adjacent to an activating group) is 1. The molecule has 1 aliphatic heterocycles. The molecule has 1 N–H and O–H groups in total. The standard InChI is InChI=1S/C20H27N3O6S2/c1-14-11-15(23-19(24)20(2,3)13-30(23,25)26)8-9-18(14)31(27,28)21-12-16(22(4)5)17-7-6-10-29-17/h6-11,16,21H,12-13H2,1-5H3. The molecule has 2 aromatic rings. The zero-order chi connectivity index (χ0) is 23.2. The summed E-state index contributed by atoms with van der Waals surface area (Å²) in [5.41, 5.74) is -0.572. The molecule has 1 aromatic carbocycles. The van der Waals surface area contributed by atoms with E-state index in [-0.39, 0.29) is 28.9 Å². The Hall–Kier alpha value is -2.21. The Kier molecular flexibility index (Phi) is 6.09. The number of hydrogen-bond acceptors (Lipinski definition) is 7. The number of rotatable bonds is 7. The van der Waals surface area contributed by atoms with Crippen LogP contribution in [0.3, 0.4) is 0 Å². The summed E-state index contributed by atoms with van der Waals surface area (Å²) in [5, 5.41) is 0. The van der Waals surface area contributed by atoms with E-state index in [1.54, 1.807) is 32.9 Å². The maximum atomic E-state index is 12.9. The van der Waals surface area contributed by atoms with Gasteiger partial charge >= 0.3 is 0 Å². The highest BCUT2D eigenvalue weighted by Gasteiger charge is 2.50. The third kappa shape index (κ3) is 4.54. The van der Waals surface area contributed by atoms with Gasteiger partial charge in [-0.05, 0) is 70.8 Å². The number of nitrogens with one attached hydrogen (secondary N) is 1. The maximum absolute atomic E-state index is 12.9. The molecule has 3 rings (SSSR count). The quantitative estimate of drug-likeness (QED) is 0.658. The SMILES string of the molecule is Cc1cc(N2C(=O)C(C)(C)CS2(=O)=O)ccc1S(=O)(=O)NCC(c1ccco1)N(C)C. The summed E-state index contributed by atoms with van der Waals surface area (Å²) in [7, 11) is -4.07. The smallest absolute Gasteiger partial charge is 0.247 e. The highest BCUT2D eigenvalue weighted by Crippen LogP contribution is 2.36. The van der Waals surface area contributed by atoms with E-state index in [0.29, 0.717) is 11.3 Å². The predicted molar refractivity (Wildman–Crippen MR) is 117 cm³/mol. The number of nitrogens with zero attached hydrogens (tertiary/aromatic N) is 2. The second kappa shape index (κ2) is 8.05. The van der Waals surface area contributed by atoms with Crippen molar-refractivity contribution in [1.82, 2.24) is 9.62 Å². The van der Waals surface area contributed by atoms with Crippen LogP contribution in [0.15, 0.2) is 45.9 Å². The van der Waals surface area contributed by atoms with Crippen LogP contribution >= 0.6 is 0 Å². The number of aryl methyl sites for hydroxylation is 1. The van der Waals surface area contributed by atoms with Crippen LogP contribution in [-0.4, -0.2) is 54.0 Å². The first-order chi connectivity index (χ1) is 14.3. The van der Waals surface area contributed by atoms with E-state index in [4.69, 9.17) is 4.42 Å². The zero-order valence-corrected chi connectivity index (χ0v) is 19.7. The van der Waals surface area contributed by atoms with Crippen LogP contribution in [0.5, 0.6) is 0 Å². The lowest BCUT2D eigenvalue weighted by atomic mass is 9.95. The monoisotopic (exact) mass is 469 g/mol. The number of anilines is 1. The minimum absolute atomic E-state index is 0.0107. The van der Waals surface area contributed by atoms with Crippen LogP contribution < -0.4 is 9.03 Å². The summed E-state index contributed by atoms with van der Waals surface area (Å²) in [6, 6.07) is 7.26. The first-order valence-corrected chi connectivity index (χ1v) is 12.7. The van der Waals surface area contributed by atoms with E-state index < -0.39 is 31.4 Å². The molecule has 1 fully saturated rings. The number of sulfonamides is 2. The first-order valence-electron chi connectivity index (χ1n) is 9.64. The Labute approximate surface area is 183 Å². The van der Waals surface area contributed by atoms with Crippen LogP contribution in [0.4, 0.5) is 5.69 Å². The van der Waals surface area contributed by atoms with Gasteiger partial charge in [0.25, 0.3) is 0 Å². The van der Waals surface area contributed by atoms with E-state index in [0.717, 1.165) is 4.31 Å². The average Bonchev–Trinajstić information content (AvgIpc) is 3.19. The van der Waals surface area contributed by atoms with Crippen LogP contribution in [0.1, 0.15) is 31.2 Å². The second-order valence-electron chi connectivity index (χ2n) is 8.51. The molecule has 1 aliphatic rings. The fourth-order valence-corrected chi connectivity index (χ4v) is 6.97. The Balaban J connectivity index is 1.86. The minimum Gasteiger partial charge on any atom is -0.468 e. The third-order valence-electron chi connectivity index (χ3n) is 5.23. The topological polar surface area (TPSA) is 117 Å². The van der Waals surface area contributed by atoms with E-state index in [1.165, 1.54) is 24.5 Å². The molecule has 0 bridgehead atoms. The number of hydrogen-bond donors (Lipinski definition) is 1. The molecular formula is C20H27N3O6S2. The van der Waals surface area contributed by atoms with E-state index >= 15 is 0 Å². The van der Waals surface area contributed by atoms with Gasteiger partial charge in [0, 0.05) is 6.54 Å². The van der Waals surface area contributed by atoms with Crippen molar-refractivity contribution < 1.29 is 26.0 Å². The van der Waals surface area contributed by atoms with Crippen molar-refractivity contribution >= 4 is 31.6 Å². The third-order valence-corrected chi connectivity index (χ3v) is 8.83. The molecule has 1 amide bonds. The van der Waals surface area contributed by atoms with Gasteiger partial charge in [0.05, 0.1) is 34.1 Å². The molecule has 170 valence electrons. The summed E-state index contributed by atoms with van der Waals surface area (Å²) >= 11 is 0. The second-order valence-corrected chi connectivity index (χ2v) is 12.1. The summed E-state index contributed by atoms with van der Waals surface area (Å²) in [6.45, 7) is 4.79. The normalized spacial score (nSPS) is 19.2. The van der Waals surface area contributed by atoms with Gasteiger partial charge in [-0.15, -0.1) is 0 Å². The molecular weight excluding hydrogens is 442 g/mol. The van der Waals surface area contributed by atoms with Crippen molar-refractivity contribution in [2.45, 2.75) is 31.7 Å². The van der Waals surface area contributed by atoms with Crippen molar-refractivity contribution in [3.8, 4) is 0 Å². The number of carbonyl (C=O) groups is 1. The van der Waals surface area contributed by atoms with Crippen molar-refractivity contribution in [2.24, 2.45) is 5.41 Å². The molecule has 0 saturated carbocycles. The van der Waals surface area contributed by atoms with E-state index in [2.05, 4.69) is 4.72 Å². The van der Waals surface area contributed by atoms with Gasteiger partial charge in [0.2, 0.25) is 26.0 Å². The van der Waals surface area contributed by atoms with E-state index in [1.807, 2.05) is 19.0 Å². The Morgan fingerprint density at radius 1 is 1.26 bits per heavy atom. The number of furan rings is 1. The lowest BCUT2D eigenvalue weighted by molar-refractivity contribution is -0.123. The van der Waals surface area contributed by atoms with Gasteiger partial charge in [-0.2, -0.15) is 0 Å². The largest absolute Gasteiger partial charge is 0.468 e. The van der Waals surface area contributed by atoms with Crippen molar-refractivity contribution in [3.05, 3.63) is 47.9 Å². The van der Waals surface area contributed by atoms with Crippen molar-refractivity contribution in [2.75, 3.05) is 30.7 Å². The number of carbonyl (C=O) groups excluding carboxylic acids is 1. The van der Waals surface area contributed by atoms with Crippen LogP contribution in [0, 0.1) is 12.3 Å². The lowest BCUT2D eigenvalue weighted by Gasteiger charge is -2.23. The molecule has 9 nitrogen and oxygen atoms in total. The summed E-state index contributed by atoms with van der Waals surface area (Å²) in [4.78, 5) is 14.4. The average molecular weight is 470 g/mol. The Morgan fingerprint density at radius 3 is 2.42 bits per heavy atom. The van der Waals surface area contributed by atoms with Gasteiger partial charge in [0.1, 0.15) is 5.76 Å². The highest BCUT2D eigenvalue weighted by molar-refractivity contribution is 7.94. The fraction of sp³-hybridized carbons (Fsp3) is 0.450. The summed E-state index contributed by atoms with van der Waals surface area (Å²) in [5.74, 6) is -0.203. The molecule has 1 atom stereocenters. The molecule has 1 aromatic heterocycles. The van der Waals surface area contributed by atoms with E-state index in [9.17, 15) is 21.6 Å². The Bertz CT molecular complexity index is 1190. The van der Waals surface area contributed by atoms with Gasteiger partial charge in [-0.1, -0.05) is 0 Å². The predicted octanol–water partition coefficient (Wildman–Crippen LogP) is 1.87. The Morgan fingerprint density at radius 2 is 1.94 bits per heavy atom. The molecule has 0 radical (unpaired) electrons. The molecule has 0 aliphatic carbocycles. The summed E-state index contributed by atoms with van der Waals surface area (Å²) in [6.07, 6.45) is 1.53. The van der Waals surface area contributed by atoms with Crippen LogP contribution in [-0.2, 0) is 24.8 Å². The summed E-state index contributed by atoms with van der Waals surface area (Å²) < 4.78 is 59.6. The molecule has 31 heavy (non-hydrogen) atoms. The maximum Gasteiger partial charge on any atom is 0.247 e. The minimum atomic E-state index is -3.89. The highest BCUT2D eigenvalue weighted by atomic mass is 32.2. The fourth-order valence-electron chi connectivity index (χ4n) is 3.61. The number of amides is 1. The number of benzene rings is 1. The molecule has 11 heteroatoms. The van der Waals surface area contributed by atoms with Crippen LogP contribution in [0.25, 0.3) is 0 Å². The molecule has 0 spiro atoms. The van der Waals surface area contributed by atoms with Crippen molar-refractivity contribution in [3.63, 3.8) is 0 Å². The van der Waals surface area contributed by atoms with Gasteiger partial charge < -0.3 is 4.42 Å². The lowest BCUT2D eigenvalue weighted by Crippen LogP contribution is -2.35. The van der Waals surface area contributed by atoms with Gasteiger partial charge in [0.15, 0.2) is 0 Å². The van der Waals surface area contributed by atoms with Gasteiger partial charge in [-0.25, -0.2) is 25.9 Å². The molecule has 1 saturated heterocycles.